The molecule has 0 unspecified atom stereocenters. The molecule has 0 amide bonds. The molecule has 0 aromatic heterocycles. The number of hydrogen-bond donors (Lipinski definition) is 1. The fraction of sp³-hybridized carbons (Fsp3) is 0.533. The molecule has 0 aliphatic rings. The van der Waals surface area contributed by atoms with Crippen LogP contribution in [-0.4, -0.2) is 29.9 Å². The van der Waals surface area contributed by atoms with Crippen molar-refractivity contribution in [1.29, 1.82) is 0 Å². The number of phenolic OH excluding ortho intramolecular Hbond substituents is 1. The summed E-state index contributed by atoms with van der Waals surface area (Å²) in [6.45, 7) is 6.40. The van der Waals surface area contributed by atoms with Gasteiger partial charge in [0.15, 0.2) is 0 Å². The van der Waals surface area contributed by atoms with Gasteiger partial charge < -0.3 is 14.6 Å². The molecule has 19 heavy (non-hydrogen) atoms. The molecule has 0 atom stereocenters. The fourth-order valence-electron chi connectivity index (χ4n) is 1.55. The Balaban J connectivity index is 2.13. The molecule has 1 rings (SSSR count). The first kappa shape index (κ1) is 15.5. The van der Waals surface area contributed by atoms with Crippen molar-refractivity contribution in [3.05, 3.63) is 29.8 Å². The molecule has 1 N–H and O–H groups in total. The van der Waals surface area contributed by atoms with Crippen LogP contribution in [0.2, 0.25) is 0 Å². The smallest absolute Gasteiger partial charge is 0.308 e. The van der Waals surface area contributed by atoms with Crippen LogP contribution in [0.3, 0.4) is 0 Å². The van der Waals surface area contributed by atoms with Gasteiger partial charge in [0.1, 0.15) is 11.4 Å². The van der Waals surface area contributed by atoms with Gasteiger partial charge >= 0.3 is 5.97 Å². The van der Waals surface area contributed by atoms with Gasteiger partial charge in [-0.25, -0.2) is 0 Å². The van der Waals surface area contributed by atoms with Crippen LogP contribution >= 0.6 is 0 Å². The average Bonchev–Trinajstić information content (AvgIpc) is 2.26. The van der Waals surface area contributed by atoms with E-state index < -0.39 is 5.60 Å². The van der Waals surface area contributed by atoms with Crippen LogP contribution in [0.1, 0.15) is 32.8 Å². The highest BCUT2D eigenvalue weighted by atomic mass is 16.6. The maximum absolute atomic E-state index is 11.4. The zero-order chi connectivity index (χ0) is 14.3. The van der Waals surface area contributed by atoms with Gasteiger partial charge in [-0.2, -0.15) is 0 Å². The van der Waals surface area contributed by atoms with Crippen molar-refractivity contribution in [2.45, 2.75) is 39.2 Å². The Labute approximate surface area is 114 Å². The zero-order valence-electron chi connectivity index (χ0n) is 11.8. The highest BCUT2D eigenvalue weighted by Crippen LogP contribution is 2.11. The van der Waals surface area contributed by atoms with E-state index in [0.717, 1.165) is 5.56 Å². The number of aromatic hydroxyl groups is 1. The molecule has 4 nitrogen and oxygen atoms in total. The van der Waals surface area contributed by atoms with E-state index in [-0.39, 0.29) is 18.1 Å². The average molecular weight is 266 g/mol. The third kappa shape index (κ3) is 7.47. The minimum Gasteiger partial charge on any atom is -0.508 e. The number of hydrogen-bond acceptors (Lipinski definition) is 4. The minimum atomic E-state index is -0.446. The van der Waals surface area contributed by atoms with E-state index in [2.05, 4.69) is 0 Å². The van der Waals surface area contributed by atoms with E-state index in [1.165, 1.54) is 0 Å². The molecule has 106 valence electrons. The van der Waals surface area contributed by atoms with E-state index in [9.17, 15) is 9.90 Å². The van der Waals surface area contributed by atoms with Gasteiger partial charge in [0, 0.05) is 0 Å². The van der Waals surface area contributed by atoms with E-state index in [0.29, 0.717) is 19.6 Å². The van der Waals surface area contributed by atoms with Crippen molar-refractivity contribution < 1.29 is 19.4 Å². The largest absolute Gasteiger partial charge is 0.508 e. The second kappa shape index (κ2) is 7.14. The van der Waals surface area contributed by atoms with E-state index in [1.807, 2.05) is 26.8 Å². The Morgan fingerprint density at radius 2 is 2.00 bits per heavy atom. The number of phenols is 1. The number of benzene rings is 1. The summed E-state index contributed by atoms with van der Waals surface area (Å²) in [6.07, 6.45) is 0.972. The standard InChI is InChI=1S/C15H22O4/c1-15(2,3)19-14(17)8-10-18-9-7-12-5-4-6-13(16)11-12/h4-6,11,16H,7-10H2,1-3H3. The van der Waals surface area contributed by atoms with Gasteiger partial charge in [-0.05, 0) is 44.9 Å². The van der Waals surface area contributed by atoms with Crippen LogP contribution in [0.25, 0.3) is 0 Å². The monoisotopic (exact) mass is 266 g/mol. The molecule has 0 aliphatic carbocycles. The molecular formula is C15H22O4. The summed E-state index contributed by atoms with van der Waals surface area (Å²) in [5, 5.41) is 9.29. The summed E-state index contributed by atoms with van der Waals surface area (Å²) < 4.78 is 10.5. The SMILES string of the molecule is CC(C)(C)OC(=O)CCOCCc1cccc(O)c1. The van der Waals surface area contributed by atoms with Gasteiger partial charge in [-0.1, -0.05) is 12.1 Å². The van der Waals surface area contributed by atoms with Crippen LogP contribution in [-0.2, 0) is 20.7 Å². The van der Waals surface area contributed by atoms with Crippen LogP contribution in [0, 0.1) is 0 Å². The van der Waals surface area contributed by atoms with Crippen LogP contribution in [0.5, 0.6) is 5.75 Å². The van der Waals surface area contributed by atoms with Crippen molar-refractivity contribution in [1.82, 2.24) is 0 Å². The van der Waals surface area contributed by atoms with Gasteiger partial charge in [-0.3, -0.25) is 4.79 Å². The van der Waals surface area contributed by atoms with Crippen molar-refractivity contribution >= 4 is 5.97 Å². The lowest BCUT2D eigenvalue weighted by molar-refractivity contribution is -0.156. The van der Waals surface area contributed by atoms with Gasteiger partial charge in [0.2, 0.25) is 0 Å². The Bertz CT molecular complexity index is 407. The van der Waals surface area contributed by atoms with E-state index in [1.54, 1.807) is 18.2 Å². The zero-order valence-corrected chi connectivity index (χ0v) is 11.8. The lowest BCUT2D eigenvalue weighted by Gasteiger charge is -2.19. The predicted octanol–water partition coefficient (Wildman–Crippen LogP) is 2.68. The first-order valence-corrected chi connectivity index (χ1v) is 6.44. The second-order valence-corrected chi connectivity index (χ2v) is 5.37. The lowest BCUT2D eigenvalue weighted by atomic mass is 10.1. The molecule has 0 fully saturated rings. The van der Waals surface area contributed by atoms with Gasteiger partial charge in [-0.15, -0.1) is 0 Å². The van der Waals surface area contributed by atoms with Crippen LogP contribution < -0.4 is 0 Å². The first-order chi connectivity index (χ1) is 8.87. The molecule has 0 bridgehead atoms. The van der Waals surface area contributed by atoms with Gasteiger partial charge in [0.25, 0.3) is 0 Å². The Morgan fingerprint density at radius 3 is 2.63 bits per heavy atom. The lowest BCUT2D eigenvalue weighted by Crippen LogP contribution is -2.24. The number of ether oxygens (including phenoxy) is 2. The third-order valence-corrected chi connectivity index (χ3v) is 2.32. The maximum atomic E-state index is 11.4. The van der Waals surface area contributed by atoms with Crippen LogP contribution in [0.15, 0.2) is 24.3 Å². The highest BCUT2D eigenvalue weighted by molar-refractivity contribution is 5.69. The fourth-order valence-corrected chi connectivity index (χ4v) is 1.55. The Hall–Kier alpha value is -1.55. The molecule has 0 aliphatic heterocycles. The molecular weight excluding hydrogens is 244 g/mol. The summed E-state index contributed by atoms with van der Waals surface area (Å²) >= 11 is 0. The first-order valence-electron chi connectivity index (χ1n) is 6.44. The van der Waals surface area contributed by atoms with Crippen molar-refractivity contribution in [3.63, 3.8) is 0 Å². The normalized spacial score (nSPS) is 11.3. The molecule has 4 heteroatoms. The van der Waals surface area contributed by atoms with Crippen molar-refractivity contribution in [2.24, 2.45) is 0 Å². The van der Waals surface area contributed by atoms with E-state index in [4.69, 9.17) is 9.47 Å². The predicted molar refractivity (Wildman–Crippen MR) is 73.1 cm³/mol. The summed E-state index contributed by atoms with van der Waals surface area (Å²) in [5.74, 6) is 0.0103. The molecule has 1 aromatic rings. The van der Waals surface area contributed by atoms with Crippen molar-refractivity contribution in [2.75, 3.05) is 13.2 Å². The number of carbonyl (C=O) groups excluding carboxylic acids is 1. The minimum absolute atomic E-state index is 0.246. The summed E-state index contributed by atoms with van der Waals surface area (Å²) in [6, 6.07) is 7.06. The summed E-state index contributed by atoms with van der Waals surface area (Å²) in [5.41, 5.74) is 0.566. The summed E-state index contributed by atoms with van der Waals surface area (Å²) in [7, 11) is 0. The molecule has 0 spiro atoms. The molecule has 0 saturated heterocycles. The molecule has 0 radical (unpaired) electrons. The number of carbonyl (C=O) groups is 1. The molecule has 1 aromatic carbocycles. The topological polar surface area (TPSA) is 55.8 Å². The third-order valence-electron chi connectivity index (χ3n) is 2.32. The Kier molecular flexibility index (Phi) is 5.83. The van der Waals surface area contributed by atoms with Crippen molar-refractivity contribution in [3.8, 4) is 5.75 Å². The van der Waals surface area contributed by atoms with Crippen LogP contribution in [0.4, 0.5) is 0 Å². The quantitative estimate of drug-likeness (QED) is 0.635. The molecule has 0 heterocycles. The summed E-state index contributed by atoms with van der Waals surface area (Å²) in [4.78, 5) is 11.4. The number of rotatable bonds is 6. The van der Waals surface area contributed by atoms with E-state index >= 15 is 0 Å². The van der Waals surface area contributed by atoms with Gasteiger partial charge in [0.05, 0.1) is 19.6 Å². The molecule has 0 saturated carbocycles. The highest BCUT2D eigenvalue weighted by Gasteiger charge is 2.15. The Morgan fingerprint density at radius 1 is 1.26 bits per heavy atom. The maximum Gasteiger partial charge on any atom is 0.308 e. The second-order valence-electron chi connectivity index (χ2n) is 5.37. The number of esters is 1.